The third kappa shape index (κ3) is 3.75. The SMILES string of the molecule is NCC(O)CS(=O)C1CCCCC1. The lowest BCUT2D eigenvalue weighted by atomic mass is 10.0. The van der Waals surface area contributed by atoms with E-state index in [4.69, 9.17) is 5.73 Å². The molecule has 0 saturated heterocycles. The van der Waals surface area contributed by atoms with Crippen LogP contribution >= 0.6 is 0 Å². The summed E-state index contributed by atoms with van der Waals surface area (Å²) < 4.78 is 11.7. The van der Waals surface area contributed by atoms with Gasteiger partial charge in [0.2, 0.25) is 0 Å². The Balaban J connectivity index is 2.29. The zero-order chi connectivity index (χ0) is 9.68. The van der Waals surface area contributed by atoms with Crippen molar-refractivity contribution < 1.29 is 9.32 Å². The topological polar surface area (TPSA) is 63.3 Å². The lowest BCUT2D eigenvalue weighted by Gasteiger charge is -2.21. The van der Waals surface area contributed by atoms with Gasteiger partial charge in [0.25, 0.3) is 0 Å². The van der Waals surface area contributed by atoms with E-state index >= 15 is 0 Å². The maximum Gasteiger partial charge on any atom is 0.0777 e. The van der Waals surface area contributed by atoms with Gasteiger partial charge in [-0.05, 0) is 12.8 Å². The average molecular weight is 205 g/mol. The molecule has 0 spiro atoms. The maximum absolute atomic E-state index is 11.7. The summed E-state index contributed by atoms with van der Waals surface area (Å²) in [5.74, 6) is 0.362. The summed E-state index contributed by atoms with van der Waals surface area (Å²) in [6.07, 6.45) is 5.19. The lowest BCUT2D eigenvalue weighted by molar-refractivity contribution is 0.206. The molecule has 4 heteroatoms. The molecular formula is C9H19NO2S. The van der Waals surface area contributed by atoms with E-state index in [1.165, 1.54) is 19.3 Å². The zero-order valence-electron chi connectivity index (χ0n) is 7.95. The summed E-state index contributed by atoms with van der Waals surface area (Å²) in [6, 6.07) is 0. The summed E-state index contributed by atoms with van der Waals surface area (Å²) in [5, 5.41) is 9.56. The Bertz CT molecular complexity index is 169. The van der Waals surface area contributed by atoms with Crippen LogP contribution in [0.4, 0.5) is 0 Å². The average Bonchev–Trinajstić information content (AvgIpc) is 2.19. The Morgan fingerprint density at radius 2 is 2.00 bits per heavy atom. The van der Waals surface area contributed by atoms with Gasteiger partial charge >= 0.3 is 0 Å². The van der Waals surface area contributed by atoms with Crippen molar-refractivity contribution in [2.45, 2.75) is 43.5 Å². The molecule has 1 aliphatic carbocycles. The van der Waals surface area contributed by atoms with Crippen molar-refractivity contribution in [3.63, 3.8) is 0 Å². The van der Waals surface area contributed by atoms with Crippen LogP contribution in [0.15, 0.2) is 0 Å². The first kappa shape index (κ1) is 11.1. The van der Waals surface area contributed by atoms with Crippen LogP contribution in [0.2, 0.25) is 0 Å². The van der Waals surface area contributed by atoms with E-state index in [9.17, 15) is 9.32 Å². The van der Waals surface area contributed by atoms with Gasteiger partial charge in [-0.3, -0.25) is 4.21 Å². The normalized spacial score (nSPS) is 24.2. The van der Waals surface area contributed by atoms with Crippen molar-refractivity contribution in [2.24, 2.45) is 5.73 Å². The van der Waals surface area contributed by atoms with E-state index in [1.54, 1.807) is 0 Å². The molecule has 1 saturated carbocycles. The van der Waals surface area contributed by atoms with Crippen LogP contribution < -0.4 is 5.73 Å². The number of nitrogens with two attached hydrogens (primary N) is 1. The molecule has 0 aromatic rings. The molecule has 0 heterocycles. The fourth-order valence-corrected chi connectivity index (χ4v) is 3.37. The molecule has 0 radical (unpaired) electrons. The second-order valence-corrected chi connectivity index (χ2v) is 5.46. The van der Waals surface area contributed by atoms with Gasteiger partial charge in [0.15, 0.2) is 0 Å². The highest BCUT2D eigenvalue weighted by atomic mass is 32.2. The summed E-state index contributed by atoms with van der Waals surface area (Å²) in [6.45, 7) is 0.221. The van der Waals surface area contributed by atoms with Crippen LogP contribution in [-0.2, 0) is 10.8 Å². The molecule has 13 heavy (non-hydrogen) atoms. The molecule has 0 amide bonds. The molecule has 3 nitrogen and oxygen atoms in total. The minimum atomic E-state index is -0.866. The van der Waals surface area contributed by atoms with Gasteiger partial charge < -0.3 is 10.8 Å². The van der Waals surface area contributed by atoms with Crippen LogP contribution in [0.5, 0.6) is 0 Å². The van der Waals surface area contributed by atoms with Gasteiger partial charge in [-0.25, -0.2) is 0 Å². The third-order valence-corrected chi connectivity index (χ3v) is 4.48. The predicted molar refractivity (Wildman–Crippen MR) is 54.9 cm³/mol. The van der Waals surface area contributed by atoms with E-state index in [0.717, 1.165) is 12.8 Å². The molecule has 2 unspecified atom stereocenters. The Morgan fingerprint density at radius 1 is 1.38 bits per heavy atom. The number of hydrogen-bond acceptors (Lipinski definition) is 3. The van der Waals surface area contributed by atoms with Crippen LogP contribution in [0.3, 0.4) is 0 Å². The Morgan fingerprint density at radius 3 is 2.54 bits per heavy atom. The number of aliphatic hydroxyl groups excluding tert-OH is 1. The Labute approximate surface area is 82.2 Å². The maximum atomic E-state index is 11.7. The molecule has 0 bridgehead atoms. The van der Waals surface area contributed by atoms with E-state index in [1.807, 2.05) is 0 Å². The molecule has 1 fully saturated rings. The van der Waals surface area contributed by atoms with Crippen LogP contribution in [0, 0.1) is 0 Å². The minimum absolute atomic E-state index is 0.221. The largest absolute Gasteiger partial charge is 0.391 e. The fraction of sp³-hybridized carbons (Fsp3) is 1.00. The van der Waals surface area contributed by atoms with Crippen molar-refractivity contribution in [1.82, 2.24) is 0 Å². The van der Waals surface area contributed by atoms with Gasteiger partial charge in [0, 0.05) is 22.6 Å². The zero-order valence-corrected chi connectivity index (χ0v) is 8.76. The Kier molecular flexibility index (Phi) is 4.91. The van der Waals surface area contributed by atoms with E-state index in [0.29, 0.717) is 11.0 Å². The van der Waals surface area contributed by atoms with Crippen molar-refractivity contribution >= 4 is 10.8 Å². The predicted octanol–water partition coefficient (Wildman–Crippen LogP) is 0.387. The van der Waals surface area contributed by atoms with Crippen molar-refractivity contribution in [1.29, 1.82) is 0 Å². The fourth-order valence-electron chi connectivity index (χ4n) is 1.72. The van der Waals surface area contributed by atoms with Crippen molar-refractivity contribution in [3.05, 3.63) is 0 Å². The first-order valence-corrected chi connectivity index (χ1v) is 6.37. The molecule has 2 atom stereocenters. The monoisotopic (exact) mass is 205 g/mol. The van der Waals surface area contributed by atoms with Crippen LogP contribution in [0.25, 0.3) is 0 Å². The molecule has 78 valence electrons. The van der Waals surface area contributed by atoms with E-state index in [-0.39, 0.29) is 6.54 Å². The second kappa shape index (κ2) is 5.73. The van der Waals surface area contributed by atoms with Gasteiger partial charge in [-0.15, -0.1) is 0 Å². The molecule has 1 aliphatic rings. The third-order valence-electron chi connectivity index (χ3n) is 2.55. The van der Waals surface area contributed by atoms with Crippen LogP contribution in [-0.4, -0.2) is 33.0 Å². The van der Waals surface area contributed by atoms with Crippen LogP contribution in [0.1, 0.15) is 32.1 Å². The minimum Gasteiger partial charge on any atom is -0.391 e. The quantitative estimate of drug-likeness (QED) is 0.698. The Hall–Kier alpha value is 0.0700. The highest BCUT2D eigenvalue weighted by Crippen LogP contribution is 2.22. The van der Waals surface area contributed by atoms with Gasteiger partial charge in [0.05, 0.1) is 11.9 Å². The summed E-state index contributed by atoms with van der Waals surface area (Å²) >= 11 is 0. The molecule has 3 N–H and O–H groups in total. The van der Waals surface area contributed by atoms with Gasteiger partial charge in [-0.1, -0.05) is 19.3 Å². The highest BCUT2D eigenvalue weighted by Gasteiger charge is 2.21. The van der Waals surface area contributed by atoms with Crippen molar-refractivity contribution in [2.75, 3.05) is 12.3 Å². The van der Waals surface area contributed by atoms with Gasteiger partial charge in [-0.2, -0.15) is 0 Å². The molecule has 0 aromatic carbocycles. The van der Waals surface area contributed by atoms with E-state index in [2.05, 4.69) is 0 Å². The lowest BCUT2D eigenvalue weighted by Crippen LogP contribution is -2.31. The number of hydrogen-bond donors (Lipinski definition) is 2. The standard InChI is InChI=1S/C9H19NO2S/c10-6-8(11)7-13(12)9-4-2-1-3-5-9/h8-9,11H,1-7,10H2. The highest BCUT2D eigenvalue weighted by molar-refractivity contribution is 7.85. The number of aliphatic hydroxyl groups is 1. The summed E-state index contributed by atoms with van der Waals surface area (Å²) in [7, 11) is -0.866. The summed E-state index contributed by atoms with van der Waals surface area (Å²) in [4.78, 5) is 0. The first-order valence-electron chi connectivity index (χ1n) is 4.99. The van der Waals surface area contributed by atoms with E-state index < -0.39 is 16.9 Å². The number of rotatable bonds is 4. The smallest absolute Gasteiger partial charge is 0.0777 e. The van der Waals surface area contributed by atoms with Gasteiger partial charge in [0.1, 0.15) is 0 Å². The second-order valence-electron chi connectivity index (χ2n) is 3.70. The van der Waals surface area contributed by atoms with Crippen molar-refractivity contribution in [3.8, 4) is 0 Å². The molecular weight excluding hydrogens is 186 g/mol. The first-order chi connectivity index (χ1) is 6.24. The molecule has 0 aromatic heterocycles. The summed E-state index contributed by atoms with van der Waals surface area (Å²) in [5.41, 5.74) is 5.27. The molecule has 0 aliphatic heterocycles. The molecule has 1 rings (SSSR count).